The predicted octanol–water partition coefficient (Wildman–Crippen LogP) is 3.05. The van der Waals surface area contributed by atoms with Gasteiger partial charge in [-0.05, 0) is 36.8 Å². The lowest BCUT2D eigenvalue weighted by atomic mass is 9.71. The van der Waals surface area contributed by atoms with E-state index in [9.17, 15) is 13.6 Å². The van der Waals surface area contributed by atoms with E-state index in [1.165, 1.54) is 6.42 Å². The first kappa shape index (κ1) is 22.0. The molecule has 1 aliphatic carbocycles. The summed E-state index contributed by atoms with van der Waals surface area (Å²) in [4.78, 5) is 18.8. The van der Waals surface area contributed by atoms with Gasteiger partial charge in [-0.15, -0.1) is 0 Å². The molecule has 0 radical (unpaired) electrons. The van der Waals surface area contributed by atoms with Gasteiger partial charge in [-0.25, -0.2) is 4.99 Å². The summed E-state index contributed by atoms with van der Waals surface area (Å²) in [7, 11) is 3.71. The summed E-state index contributed by atoms with van der Waals surface area (Å²) in [6, 6.07) is 8.03. The molecule has 3 N–H and O–H groups in total. The Morgan fingerprint density at radius 1 is 1.31 bits per heavy atom. The lowest BCUT2D eigenvalue weighted by molar-refractivity contribution is -0.114. The van der Waals surface area contributed by atoms with Crippen LogP contribution in [0.25, 0.3) is 0 Å². The molecular weight excluding hydrogens is 340 g/mol. The topological polar surface area (TPSA) is 78.9 Å². The number of aliphatic hydroxyl groups excluding tert-OH is 1. The zero-order chi connectivity index (χ0) is 19.7. The number of benzene rings is 1. The van der Waals surface area contributed by atoms with Crippen molar-refractivity contribution in [3.05, 3.63) is 35.4 Å². The van der Waals surface area contributed by atoms with E-state index in [0.29, 0.717) is 5.96 Å². The van der Waals surface area contributed by atoms with E-state index in [1.807, 2.05) is 45.3 Å². The number of aldehydes is 1. The van der Waals surface area contributed by atoms with Crippen LogP contribution in [0.15, 0.2) is 29.3 Å². The molecule has 1 saturated carbocycles. The number of nitrogens with zero attached hydrogens (tertiary/aromatic N) is 2. The fraction of sp³-hybridized carbons (Fsp3) is 0.579. The van der Waals surface area contributed by atoms with Crippen LogP contribution in [0.1, 0.15) is 43.2 Å². The van der Waals surface area contributed by atoms with E-state index in [0.717, 1.165) is 43.1 Å². The Morgan fingerprint density at radius 3 is 2.31 bits per heavy atom. The number of nitrogens with two attached hydrogens (primary N) is 1. The predicted molar refractivity (Wildman–Crippen MR) is 99.0 cm³/mol. The molecule has 1 unspecified atom stereocenters. The number of aliphatic imine (C=N–C) groups is 1. The minimum absolute atomic E-state index is 0.221. The summed E-state index contributed by atoms with van der Waals surface area (Å²) >= 11 is 0. The number of halogens is 2. The van der Waals surface area contributed by atoms with Crippen LogP contribution in [0.2, 0.25) is 0 Å². The number of alkyl halides is 2. The Balaban J connectivity index is 0.000000765. The monoisotopic (exact) mass is 369 g/mol. The molecule has 146 valence electrons. The first-order valence-electron chi connectivity index (χ1n) is 8.76. The van der Waals surface area contributed by atoms with E-state index >= 15 is 0 Å². The van der Waals surface area contributed by atoms with Crippen LogP contribution in [0.4, 0.5) is 8.78 Å². The van der Waals surface area contributed by atoms with Crippen molar-refractivity contribution in [3.8, 4) is 0 Å². The molecule has 5 nitrogen and oxygen atoms in total. The van der Waals surface area contributed by atoms with E-state index in [2.05, 4.69) is 0 Å². The van der Waals surface area contributed by atoms with Crippen LogP contribution in [0, 0.1) is 12.8 Å². The number of aliphatic hydroxyl groups is 1. The molecular formula is C19H29F2N3O2. The van der Waals surface area contributed by atoms with E-state index in [4.69, 9.17) is 15.8 Å². The molecule has 1 atom stereocenters. The summed E-state index contributed by atoms with van der Waals surface area (Å²) in [6.45, 7) is -1.13. The Bertz CT molecular complexity index is 599. The number of carbonyl (C=O) groups is 1. The van der Waals surface area contributed by atoms with Gasteiger partial charge in [0.05, 0.1) is 0 Å². The Morgan fingerprint density at radius 2 is 1.85 bits per heavy atom. The molecule has 0 amide bonds. The minimum Gasteiger partial charge on any atom is -0.370 e. The molecule has 0 aromatic heterocycles. The van der Waals surface area contributed by atoms with Crippen molar-refractivity contribution in [2.24, 2.45) is 16.6 Å². The van der Waals surface area contributed by atoms with E-state index in [1.54, 1.807) is 4.90 Å². The third-order valence-corrected chi connectivity index (χ3v) is 4.74. The quantitative estimate of drug-likeness (QED) is 0.486. The second-order valence-corrected chi connectivity index (χ2v) is 6.74. The number of hydrogen-bond donors (Lipinski definition) is 2. The molecule has 1 aromatic rings. The van der Waals surface area contributed by atoms with Gasteiger partial charge < -0.3 is 20.5 Å². The van der Waals surface area contributed by atoms with Gasteiger partial charge in [-0.2, -0.15) is 8.78 Å². The largest absolute Gasteiger partial charge is 0.370 e. The summed E-state index contributed by atoms with van der Waals surface area (Å²) < 4.78 is 19.8. The number of hydrogen-bond acceptors (Lipinski definition) is 3. The number of aryl methyl sites for hydroxylation is 1. The summed E-state index contributed by atoms with van der Waals surface area (Å²) in [6.07, 6.45) is 6.62. The molecule has 0 heterocycles. The summed E-state index contributed by atoms with van der Waals surface area (Å²) in [5, 5.41) is 6.72. The highest BCUT2D eigenvalue weighted by Gasteiger charge is 2.42. The fourth-order valence-corrected chi connectivity index (χ4v) is 3.41. The van der Waals surface area contributed by atoms with E-state index in [-0.39, 0.29) is 5.92 Å². The van der Waals surface area contributed by atoms with Crippen molar-refractivity contribution in [3.63, 3.8) is 0 Å². The number of rotatable bonds is 4. The van der Waals surface area contributed by atoms with Crippen molar-refractivity contribution < 1.29 is 18.7 Å². The highest BCUT2D eigenvalue weighted by molar-refractivity contribution is 5.82. The van der Waals surface area contributed by atoms with Crippen LogP contribution < -0.4 is 5.73 Å². The van der Waals surface area contributed by atoms with Gasteiger partial charge in [-0.3, -0.25) is 0 Å². The SMILES string of the molecule is Cc1ccccc1C(C=O)(N=C(N)N(C)C)C1CCCCC1.OC(F)F. The van der Waals surface area contributed by atoms with Crippen LogP contribution in [0.5, 0.6) is 0 Å². The van der Waals surface area contributed by atoms with Crippen molar-refractivity contribution in [2.75, 3.05) is 14.1 Å². The maximum Gasteiger partial charge on any atom is 0.342 e. The normalized spacial score (nSPS) is 17.9. The van der Waals surface area contributed by atoms with Gasteiger partial charge in [0.25, 0.3) is 0 Å². The standard InChI is InChI=1S/C18H27N3O.CH2F2O/c1-14-9-7-8-12-16(14)18(13-22,20-17(19)21(2)3)15-10-5-4-6-11-15;2-1(3)4/h7-9,12-13,15H,4-6,10-11H2,1-3H3,(H2,19,20);1,4H. The second-order valence-electron chi connectivity index (χ2n) is 6.74. The molecule has 1 aliphatic rings. The Hall–Kier alpha value is -2.02. The third-order valence-electron chi connectivity index (χ3n) is 4.74. The molecule has 0 saturated heterocycles. The minimum atomic E-state index is -3.17. The Labute approximate surface area is 153 Å². The molecule has 0 aliphatic heterocycles. The number of carbonyl (C=O) groups excluding carboxylic acids is 1. The maximum atomic E-state index is 12.3. The van der Waals surface area contributed by atoms with Crippen LogP contribution >= 0.6 is 0 Å². The fourth-order valence-electron chi connectivity index (χ4n) is 3.41. The second kappa shape index (κ2) is 10.2. The molecule has 0 spiro atoms. The van der Waals surface area contributed by atoms with Gasteiger partial charge >= 0.3 is 6.61 Å². The van der Waals surface area contributed by atoms with Gasteiger partial charge in [0.1, 0.15) is 5.54 Å². The summed E-state index contributed by atoms with van der Waals surface area (Å²) in [5.41, 5.74) is 7.31. The third kappa shape index (κ3) is 5.76. The molecule has 7 heteroatoms. The van der Waals surface area contributed by atoms with Crippen molar-refractivity contribution in [2.45, 2.75) is 51.2 Å². The molecule has 0 bridgehead atoms. The highest BCUT2D eigenvalue weighted by atomic mass is 19.3. The van der Waals surface area contributed by atoms with Crippen LogP contribution in [-0.2, 0) is 10.3 Å². The first-order chi connectivity index (χ1) is 12.2. The van der Waals surface area contributed by atoms with Gasteiger partial charge in [-0.1, -0.05) is 43.5 Å². The highest BCUT2D eigenvalue weighted by Crippen LogP contribution is 2.42. The molecule has 2 rings (SSSR count). The van der Waals surface area contributed by atoms with Gasteiger partial charge in [0.15, 0.2) is 12.2 Å². The average molecular weight is 369 g/mol. The molecule has 1 aromatic carbocycles. The first-order valence-corrected chi connectivity index (χ1v) is 8.76. The maximum absolute atomic E-state index is 12.3. The number of guanidine groups is 1. The summed E-state index contributed by atoms with van der Waals surface area (Å²) in [5.74, 6) is 0.624. The van der Waals surface area contributed by atoms with Crippen LogP contribution in [0.3, 0.4) is 0 Å². The molecule has 26 heavy (non-hydrogen) atoms. The Kier molecular flexibility index (Phi) is 8.65. The zero-order valence-corrected chi connectivity index (χ0v) is 15.7. The van der Waals surface area contributed by atoms with Crippen molar-refractivity contribution >= 4 is 12.2 Å². The van der Waals surface area contributed by atoms with Gasteiger partial charge in [0.2, 0.25) is 0 Å². The van der Waals surface area contributed by atoms with Crippen molar-refractivity contribution in [1.29, 1.82) is 0 Å². The molecule has 1 fully saturated rings. The lowest BCUT2D eigenvalue weighted by Crippen LogP contribution is -2.42. The van der Waals surface area contributed by atoms with Crippen LogP contribution in [-0.4, -0.2) is 43.0 Å². The van der Waals surface area contributed by atoms with Crippen molar-refractivity contribution in [1.82, 2.24) is 4.90 Å². The average Bonchev–Trinajstić information content (AvgIpc) is 2.60. The lowest BCUT2D eigenvalue weighted by Gasteiger charge is -2.37. The van der Waals surface area contributed by atoms with E-state index < -0.39 is 12.2 Å². The van der Waals surface area contributed by atoms with Gasteiger partial charge in [0, 0.05) is 14.1 Å². The zero-order valence-electron chi connectivity index (χ0n) is 15.7. The smallest absolute Gasteiger partial charge is 0.342 e.